The van der Waals surface area contributed by atoms with E-state index in [2.05, 4.69) is 76.0 Å². The van der Waals surface area contributed by atoms with E-state index in [0.29, 0.717) is 0 Å². The zero-order valence-corrected chi connectivity index (χ0v) is 17.8. The minimum atomic E-state index is 0. The molecule has 0 spiro atoms. The summed E-state index contributed by atoms with van der Waals surface area (Å²) in [4.78, 5) is 9.29. The van der Waals surface area contributed by atoms with Crippen LogP contribution < -0.4 is 15.5 Å². The SMILES string of the molecule is CN=C(NCc1ccc(N2CC=CC2)cc1)NCc1ccc(C)s1.I. The summed E-state index contributed by atoms with van der Waals surface area (Å²) in [5.74, 6) is 0.828. The minimum absolute atomic E-state index is 0. The lowest BCUT2D eigenvalue weighted by molar-refractivity contribution is 0.815. The monoisotopic (exact) mass is 468 g/mol. The first-order valence-electron chi connectivity index (χ1n) is 8.23. The van der Waals surface area contributed by atoms with Gasteiger partial charge in [0.25, 0.3) is 0 Å². The van der Waals surface area contributed by atoms with Crippen LogP contribution in [0.4, 0.5) is 5.69 Å². The van der Waals surface area contributed by atoms with Gasteiger partial charge in [-0.25, -0.2) is 0 Å². The number of thiophene rings is 1. The van der Waals surface area contributed by atoms with E-state index in [-0.39, 0.29) is 24.0 Å². The van der Waals surface area contributed by atoms with Gasteiger partial charge in [0.2, 0.25) is 0 Å². The third kappa shape index (κ3) is 5.74. The summed E-state index contributed by atoms with van der Waals surface area (Å²) >= 11 is 1.81. The average Bonchev–Trinajstić information content (AvgIpc) is 3.27. The highest BCUT2D eigenvalue weighted by Gasteiger charge is 2.07. The van der Waals surface area contributed by atoms with Crippen LogP contribution in [0.3, 0.4) is 0 Å². The van der Waals surface area contributed by atoms with Crippen molar-refractivity contribution in [2.45, 2.75) is 20.0 Å². The predicted octanol–water partition coefficient (Wildman–Crippen LogP) is 3.92. The fraction of sp³-hybridized carbons (Fsp3) is 0.316. The van der Waals surface area contributed by atoms with Crippen LogP contribution in [-0.4, -0.2) is 26.1 Å². The summed E-state index contributed by atoms with van der Waals surface area (Å²) in [5.41, 5.74) is 2.53. The molecule has 2 N–H and O–H groups in total. The van der Waals surface area contributed by atoms with Crippen molar-refractivity contribution in [2.75, 3.05) is 25.0 Å². The maximum atomic E-state index is 4.29. The van der Waals surface area contributed by atoms with E-state index in [1.807, 2.05) is 11.3 Å². The Morgan fingerprint density at radius 1 is 1.04 bits per heavy atom. The first kappa shape index (κ1) is 19.8. The number of hydrogen-bond donors (Lipinski definition) is 2. The molecule has 0 amide bonds. The van der Waals surface area contributed by atoms with Gasteiger partial charge >= 0.3 is 0 Å². The first-order valence-corrected chi connectivity index (χ1v) is 9.05. The molecule has 134 valence electrons. The zero-order chi connectivity index (χ0) is 16.8. The van der Waals surface area contributed by atoms with Crippen molar-refractivity contribution in [1.82, 2.24) is 10.6 Å². The summed E-state index contributed by atoms with van der Waals surface area (Å²) in [6.07, 6.45) is 4.42. The number of nitrogens with zero attached hydrogens (tertiary/aromatic N) is 2. The van der Waals surface area contributed by atoms with E-state index in [4.69, 9.17) is 0 Å². The largest absolute Gasteiger partial charge is 0.364 e. The summed E-state index contributed by atoms with van der Waals surface area (Å²) in [7, 11) is 1.80. The molecule has 1 aliphatic heterocycles. The van der Waals surface area contributed by atoms with Gasteiger partial charge in [-0.15, -0.1) is 35.3 Å². The van der Waals surface area contributed by atoms with E-state index in [1.165, 1.54) is 21.0 Å². The third-order valence-electron chi connectivity index (χ3n) is 4.03. The molecule has 0 unspecified atom stereocenters. The Hall–Kier alpha value is -1.54. The Morgan fingerprint density at radius 3 is 2.32 bits per heavy atom. The summed E-state index contributed by atoms with van der Waals surface area (Å²) in [6, 6.07) is 13.0. The molecular weight excluding hydrogens is 443 g/mol. The van der Waals surface area contributed by atoms with E-state index in [9.17, 15) is 0 Å². The van der Waals surface area contributed by atoms with Crippen LogP contribution in [-0.2, 0) is 13.1 Å². The number of hydrogen-bond acceptors (Lipinski definition) is 3. The lowest BCUT2D eigenvalue weighted by atomic mass is 10.2. The summed E-state index contributed by atoms with van der Waals surface area (Å²) in [6.45, 7) is 5.72. The zero-order valence-electron chi connectivity index (χ0n) is 14.7. The van der Waals surface area contributed by atoms with Crippen molar-refractivity contribution < 1.29 is 0 Å². The molecule has 3 rings (SSSR count). The molecule has 1 aliphatic rings. The molecule has 1 aromatic heterocycles. The lowest BCUT2D eigenvalue weighted by Crippen LogP contribution is -2.36. The van der Waals surface area contributed by atoms with Gasteiger partial charge in [0.05, 0.1) is 6.54 Å². The fourth-order valence-electron chi connectivity index (χ4n) is 2.67. The molecule has 0 atom stereocenters. The van der Waals surface area contributed by atoms with Gasteiger partial charge in [0.1, 0.15) is 0 Å². The molecular formula is C19H25IN4S. The van der Waals surface area contributed by atoms with Gasteiger partial charge in [-0.1, -0.05) is 24.3 Å². The number of halogens is 1. The van der Waals surface area contributed by atoms with Gasteiger partial charge < -0.3 is 15.5 Å². The van der Waals surface area contributed by atoms with E-state index < -0.39 is 0 Å². The molecule has 0 saturated carbocycles. The summed E-state index contributed by atoms with van der Waals surface area (Å²) in [5, 5.41) is 6.73. The fourth-order valence-corrected chi connectivity index (χ4v) is 3.50. The average molecular weight is 468 g/mol. The van der Waals surface area contributed by atoms with Crippen LogP contribution >= 0.6 is 35.3 Å². The Bertz CT molecular complexity index is 713. The maximum absolute atomic E-state index is 4.29. The molecule has 2 heterocycles. The van der Waals surface area contributed by atoms with Crippen LogP contribution in [0, 0.1) is 6.92 Å². The van der Waals surface area contributed by atoms with Crippen molar-refractivity contribution in [1.29, 1.82) is 0 Å². The second-order valence-corrected chi connectivity index (χ2v) is 7.21. The highest BCUT2D eigenvalue weighted by atomic mass is 127. The number of rotatable bonds is 5. The quantitative estimate of drug-likeness (QED) is 0.303. The molecule has 0 radical (unpaired) electrons. The molecule has 2 aromatic rings. The number of aliphatic imine (C=N–C) groups is 1. The van der Waals surface area contributed by atoms with E-state index in [0.717, 1.165) is 32.1 Å². The second-order valence-electron chi connectivity index (χ2n) is 5.83. The molecule has 6 heteroatoms. The van der Waals surface area contributed by atoms with E-state index in [1.54, 1.807) is 7.05 Å². The molecule has 1 aromatic carbocycles. The second kappa shape index (κ2) is 9.82. The highest BCUT2D eigenvalue weighted by molar-refractivity contribution is 14.0. The molecule has 0 aliphatic carbocycles. The van der Waals surface area contributed by atoms with Crippen molar-refractivity contribution in [3.05, 3.63) is 63.9 Å². The van der Waals surface area contributed by atoms with Gasteiger partial charge in [-0.2, -0.15) is 0 Å². The Kier molecular flexibility index (Phi) is 7.77. The van der Waals surface area contributed by atoms with Crippen LogP contribution in [0.2, 0.25) is 0 Å². The topological polar surface area (TPSA) is 39.7 Å². The Morgan fingerprint density at radius 2 is 1.72 bits per heavy atom. The van der Waals surface area contributed by atoms with Crippen LogP contribution in [0.1, 0.15) is 15.3 Å². The first-order chi connectivity index (χ1) is 11.7. The molecule has 0 bridgehead atoms. The van der Waals surface area contributed by atoms with E-state index >= 15 is 0 Å². The Labute approximate surface area is 171 Å². The number of anilines is 1. The van der Waals surface area contributed by atoms with Gasteiger partial charge in [-0.05, 0) is 36.8 Å². The Balaban J connectivity index is 0.00000225. The number of benzene rings is 1. The van der Waals surface area contributed by atoms with Crippen LogP contribution in [0.25, 0.3) is 0 Å². The van der Waals surface area contributed by atoms with Crippen LogP contribution in [0.5, 0.6) is 0 Å². The highest BCUT2D eigenvalue weighted by Crippen LogP contribution is 2.17. The molecule has 0 saturated heterocycles. The van der Waals surface area contributed by atoms with Crippen molar-refractivity contribution in [3.8, 4) is 0 Å². The maximum Gasteiger partial charge on any atom is 0.191 e. The van der Waals surface area contributed by atoms with Crippen molar-refractivity contribution in [2.24, 2.45) is 4.99 Å². The molecule has 25 heavy (non-hydrogen) atoms. The number of nitrogens with one attached hydrogen (secondary N) is 2. The van der Waals surface area contributed by atoms with Crippen molar-refractivity contribution in [3.63, 3.8) is 0 Å². The summed E-state index contributed by atoms with van der Waals surface area (Å²) < 4.78 is 0. The molecule has 4 nitrogen and oxygen atoms in total. The minimum Gasteiger partial charge on any atom is -0.364 e. The van der Waals surface area contributed by atoms with Gasteiger partial charge in [0.15, 0.2) is 5.96 Å². The lowest BCUT2D eigenvalue weighted by Gasteiger charge is -2.18. The normalized spacial score (nSPS) is 13.7. The standard InChI is InChI=1S/C19H24N4S.HI/c1-15-5-10-18(24-15)14-22-19(20-2)21-13-16-6-8-17(9-7-16)23-11-3-4-12-23;/h3-10H,11-14H2,1-2H3,(H2,20,21,22);1H. The number of guanidine groups is 1. The molecule has 0 fully saturated rings. The van der Waals surface area contributed by atoms with Gasteiger partial charge in [0, 0.05) is 42.1 Å². The third-order valence-corrected chi connectivity index (χ3v) is 5.03. The smallest absolute Gasteiger partial charge is 0.191 e. The number of aryl methyl sites for hydroxylation is 1. The van der Waals surface area contributed by atoms with Gasteiger partial charge in [-0.3, -0.25) is 4.99 Å². The van der Waals surface area contributed by atoms with Crippen molar-refractivity contribution >= 4 is 47.0 Å². The predicted molar refractivity (Wildman–Crippen MR) is 119 cm³/mol. The van der Waals surface area contributed by atoms with Crippen LogP contribution in [0.15, 0.2) is 53.5 Å².